The average Bonchev–Trinajstić information content (AvgIpc) is 3.44. The first-order chi connectivity index (χ1) is 23.0. The van der Waals surface area contributed by atoms with Crippen molar-refractivity contribution in [2.75, 3.05) is 6.54 Å². The quantitative estimate of drug-likeness (QED) is 0.288. The Morgan fingerprint density at radius 3 is 1.90 bits per heavy atom. The van der Waals surface area contributed by atoms with Gasteiger partial charge in [0.1, 0.15) is 4.75 Å². The topological polar surface area (TPSA) is 91.8 Å². The molecule has 0 aromatic heterocycles. The third kappa shape index (κ3) is 5.74. The molecule has 1 amide bonds. The van der Waals surface area contributed by atoms with Gasteiger partial charge in [0, 0.05) is 18.0 Å². The SMILES string of the molecule is CCCC1(C(=O)O)CCC(C(=O)N2CCC3(S(=O)(=O)c4ccc(C(F)(F)F)cc4)c4ccc(C(F)(C(F)(F)F)C(F)(F)F)cc4CCC23)CC1. The van der Waals surface area contributed by atoms with E-state index in [4.69, 9.17) is 0 Å². The molecule has 2 fully saturated rings. The van der Waals surface area contributed by atoms with Crippen LogP contribution in [0.25, 0.3) is 0 Å². The van der Waals surface area contributed by atoms with Crippen molar-refractivity contribution in [3.05, 3.63) is 64.7 Å². The number of benzene rings is 2. The number of likely N-dealkylation sites (tertiary alicyclic amines) is 1. The van der Waals surface area contributed by atoms with Crippen LogP contribution in [0.3, 0.4) is 0 Å². The molecule has 50 heavy (non-hydrogen) atoms. The number of nitrogens with zero attached hydrogens (tertiary/aromatic N) is 1. The Bertz CT molecular complexity index is 1730. The lowest BCUT2D eigenvalue weighted by Crippen LogP contribution is -2.54. The Kier molecular flexibility index (Phi) is 9.39. The molecule has 2 aromatic rings. The number of fused-ring (bicyclic) bond motifs is 3. The summed E-state index contributed by atoms with van der Waals surface area (Å²) in [6.45, 7) is 1.59. The summed E-state index contributed by atoms with van der Waals surface area (Å²) in [7, 11) is -4.85. The van der Waals surface area contributed by atoms with Crippen molar-refractivity contribution in [3.63, 3.8) is 0 Å². The summed E-state index contributed by atoms with van der Waals surface area (Å²) in [6.07, 6.45) is -17.1. The molecule has 2 unspecified atom stereocenters. The zero-order valence-corrected chi connectivity index (χ0v) is 27.3. The summed E-state index contributed by atoms with van der Waals surface area (Å²) in [5.74, 6) is -2.21. The summed E-state index contributed by atoms with van der Waals surface area (Å²) in [5.41, 5.74) is -10.5. The van der Waals surface area contributed by atoms with Gasteiger partial charge in [0.05, 0.1) is 21.9 Å². The second-order valence-corrected chi connectivity index (χ2v) is 15.6. The van der Waals surface area contributed by atoms with Crippen molar-refractivity contribution in [1.82, 2.24) is 4.90 Å². The maximum Gasteiger partial charge on any atom is 0.435 e. The van der Waals surface area contributed by atoms with Crippen LogP contribution in [0.2, 0.25) is 0 Å². The Balaban J connectivity index is 1.61. The van der Waals surface area contributed by atoms with E-state index in [1.807, 2.05) is 6.92 Å². The largest absolute Gasteiger partial charge is 0.481 e. The van der Waals surface area contributed by atoms with E-state index in [1.54, 1.807) is 0 Å². The first-order valence-electron chi connectivity index (χ1n) is 15.9. The second kappa shape index (κ2) is 12.4. The van der Waals surface area contributed by atoms with Crippen molar-refractivity contribution < 1.29 is 67.0 Å². The molecule has 1 saturated heterocycles. The zero-order valence-electron chi connectivity index (χ0n) is 26.5. The van der Waals surface area contributed by atoms with Crippen LogP contribution in [0.15, 0.2) is 47.4 Å². The summed E-state index contributed by atoms with van der Waals surface area (Å²) < 4.78 is 164. The molecule has 2 aromatic carbocycles. The first kappa shape index (κ1) is 37.9. The molecule has 0 bridgehead atoms. The van der Waals surface area contributed by atoms with Crippen molar-refractivity contribution in [3.8, 4) is 0 Å². The number of aliphatic carboxylic acids is 1. The molecule has 1 saturated carbocycles. The predicted octanol–water partition coefficient (Wildman–Crippen LogP) is 8.27. The number of sulfone groups is 1. The van der Waals surface area contributed by atoms with Crippen molar-refractivity contribution in [2.24, 2.45) is 11.3 Å². The maximum atomic E-state index is 15.1. The minimum atomic E-state index is -6.44. The summed E-state index contributed by atoms with van der Waals surface area (Å²) in [5, 5.41) is 9.88. The number of carboxylic acid groups (broad SMARTS) is 1. The number of carboxylic acids is 1. The number of carbonyl (C=O) groups excluding carboxylic acids is 1. The van der Waals surface area contributed by atoms with Gasteiger partial charge in [0.25, 0.3) is 0 Å². The van der Waals surface area contributed by atoms with Gasteiger partial charge in [0.2, 0.25) is 5.91 Å². The van der Waals surface area contributed by atoms with Gasteiger partial charge in [-0.15, -0.1) is 0 Å². The molecule has 3 aliphatic rings. The number of rotatable bonds is 7. The van der Waals surface area contributed by atoms with Crippen LogP contribution in [0.1, 0.15) is 80.5 Å². The Hall–Kier alpha value is -3.37. The normalized spacial score (nSPS) is 26.3. The number of hydrogen-bond acceptors (Lipinski definition) is 4. The number of amides is 1. The fourth-order valence-corrected chi connectivity index (χ4v) is 10.6. The molecule has 5 rings (SSSR count). The molecule has 1 aliphatic heterocycles. The highest BCUT2D eigenvalue weighted by molar-refractivity contribution is 7.92. The van der Waals surface area contributed by atoms with Crippen LogP contribution in [-0.2, 0) is 42.4 Å². The highest BCUT2D eigenvalue weighted by Crippen LogP contribution is 2.57. The lowest BCUT2D eigenvalue weighted by atomic mass is 9.68. The highest BCUT2D eigenvalue weighted by Gasteiger charge is 2.74. The van der Waals surface area contributed by atoms with E-state index in [2.05, 4.69) is 0 Å². The molecule has 0 radical (unpaired) electrons. The van der Waals surface area contributed by atoms with E-state index in [0.29, 0.717) is 49.2 Å². The number of halogens is 10. The van der Waals surface area contributed by atoms with Crippen molar-refractivity contribution in [1.29, 1.82) is 0 Å². The average molecular weight is 746 g/mol. The summed E-state index contributed by atoms with van der Waals surface area (Å²) >= 11 is 0. The van der Waals surface area contributed by atoms with Crippen LogP contribution in [-0.4, -0.2) is 55.2 Å². The molecular formula is C33H33F10NO5S. The minimum absolute atomic E-state index is 0.167. The summed E-state index contributed by atoms with van der Waals surface area (Å²) in [4.78, 5) is 26.8. The fraction of sp³-hybridized carbons (Fsp3) is 0.576. The minimum Gasteiger partial charge on any atom is -0.481 e. The molecule has 1 N–H and O–H groups in total. The third-order valence-corrected chi connectivity index (χ3v) is 13.3. The first-order valence-corrected chi connectivity index (χ1v) is 17.4. The lowest BCUT2D eigenvalue weighted by molar-refractivity contribution is -0.348. The maximum absolute atomic E-state index is 15.1. The number of aryl methyl sites for hydroxylation is 1. The zero-order chi connectivity index (χ0) is 37.3. The van der Waals surface area contributed by atoms with Gasteiger partial charge in [-0.3, -0.25) is 9.59 Å². The highest BCUT2D eigenvalue weighted by atomic mass is 32.2. The van der Waals surface area contributed by atoms with E-state index >= 15 is 4.39 Å². The third-order valence-electron chi connectivity index (χ3n) is 10.8. The van der Waals surface area contributed by atoms with Gasteiger partial charge >= 0.3 is 30.2 Å². The van der Waals surface area contributed by atoms with Crippen LogP contribution in [0.4, 0.5) is 43.9 Å². The van der Waals surface area contributed by atoms with Gasteiger partial charge in [-0.1, -0.05) is 31.5 Å². The van der Waals surface area contributed by atoms with Gasteiger partial charge in [-0.05, 0) is 86.8 Å². The molecule has 2 atom stereocenters. The van der Waals surface area contributed by atoms with Crippen LogP contribution < -0.4 is 0 Å². The molecular weight excluding hydrogens is 712 g/mol. The van der Waals surface area contributed by atoms with E-state index < -0.39 is 90.5 Å². The molecule has 2 aliphatic carbocycles. The predicted molar refractivity (Wildman–Crippen MR) is 157 cm³/mol. The molecule has 17 heteroatoms. The monoisotopic (exact) mass is 745 g/mol. The van der Waals surface area contributed by atoms with Crippen LogP contribution in [0, 0.1) is 11.3 Å². The van der Waals surface area contributed by atoms with Crippen molar-refractivity contribution in [2.45, 2.75) is 105 Å². The Labute approximate surface area is 280 Å². The van der Waals surface area contributed by atoms with Crippen LogP contribution in [0.5, 0.6) is 0 Å². The summed E-state index contributed by atoms with van der Waals surface area (Å²) in [6, 6.07) is 2.36. The van der Waals surface area contributed by atoms with Gasteiger partial charge < -0.3 is 10.0 Å². The van der Waals surface area contributed by atoms with E-state index in [0.717, 1.165) is 0 Å². The Morgan fingerprint density at radius 1 is 0.840 bits per heavy atom. The number of hydrogen-bond donors (Lipinski definition) is 1. The molecule has 6 nitrogen and oxygen atoms in total. The number of carbonyl (C=O) groups is 2. The fourth-order valence-electron chi connectivity index (χ4n) is 8.23. The smallest absolute Gasteiger partial charge is 0.435 e. The molecule has 0 spiro atoms. The van der Waals surface area contributed by atoms with E-state index in [9.17, 15) is 62.6 Å². The van der Waals surface area contributed by atoms with Crippen molar-refractivity contribution >= 4 is 21.7 Å². The Morgan fingerprint density at radius 2 is 1.40 bits per heavy atom. The number of alkyl halides is 10. The van der Waals surface area contributed by atoms with E-state index in [-0.39, 0.29) is 62.3 Å². The lowest BCUT2D eigenvalue weighted by Gasteiger charge is -2.44. The molecule has 276 valence electrons. The standard InChI is InChI=1S/C33H33F10NO5S/c1-2-13-28(27(46)47)14-11-19(12-15-28)26(45)44-17-16-29(50(48,49)23-7-4-21(5-8-23)31(35,36)37)24-9-6-22(18-20(24)3-10-25(29)44)30(34,32(38,39)40)33(41,42)43/h4-9,18-19,25H,2-3,10-17H2,1H3,(H,46,47). The van der Waals surface area contributed by atoms with Gasteiger partial charge in [-0.25, -0.2) is 12.8 Å². The van der Waals surface area contributed by atoms with Crippen LogP contribution >= 0.6 is 0 Å². The van der Waals surface area contributed by atoms with Gasteiger partial charge in [-0.2, -0.15) is 39.5 Å². The van der Waals surface area contributed by atoms with E-state index in [1.165, 1.54) is 4.90 Å². The van der Waals surface area contributed by atoms with Gasteiger partial charge in [0.15, 0.2) is 9.84 Å². The molecule has 1 heterocycles. The second-order valence-electron chi connectivity index (χ2n) is 13.4.